The van der Waals surface area contributed by atoms with Crippen LogP contribution in [0.25, 0.3) is 5.65 Å². The van der Waals surface area contributed by atoms with Crippen LogP contribution in [0.4, 0.5) is 5.69 Å². The maximum absolute atomic E-state index is 12.3. The summed E-state index contributed by atoms with van der Waals surface area (Å²) < 4.78 is 2.54. The Morgan fingerprint density at radius 2 is 1.68 bits per heavy atom. The lowest BCUT2D eigenvalue weighted by Gasteiger charge is -2.05. The molecule has 0 spiro atoms. The first-order valence-corrected chi connectivity index (χ1v) is 8.70. The van der Waals surface area contributed by atoms with Crippen LogP contribution in [0.2, 0.25) is 0 Å². The third-order valence-corrected chi connectivity index (χ3v) is 4.05. The van der Waals surface area contributed by atoms with Crippen LogP contribution in [-0.4, -0.2) is 20.1 Å². The van der Waals surface area contributed by atoms with Crippen LogP contribution < -0.4 is 11.0 Å². The van der Waals surface area contributed by atoms with E-state index in [1.54, 1.807) is 36.5 Å². The second-order valence-electron chi connectivity index (χ2n) is 6.11. The summed E-state index contributed by atoms with van der Waals surface area (Å²) in [6, 6.07) is 22.2. The van der Waals surface area contributed by atoms with Crippen molar-refractivity contribution >= 4 is 17.2 Å². The third kappa shape index (κ3) is 3.84. The van der Waals surface area contributed by atoms with Crippen LogP contribution in [0.5, 0.6) is 0 Å². The van der Waals surface area contributed by atoms with E-state index in [1.165, 1.54) is 4.40 Å². The average molecular weight is 368 g/mol. The highest BCUT2D eigenvalue weighted by Crippen LogP contribution is 2.10. The van der Waals surface area contributed by atoms with Gasteiger partial charge in [0.1, 0.15) is 6.54 Å². The van der Waals surface area contributed by atoms with E-state index in [1.807, 2.05) is 42.5 Å². The fourth-order valence-electron chi connectivity index (χ4n) is 2.75. The molecule has 136 valence electrons. The number of pyridine rings is 1. The van der Waals surface area contributed by atoms with E-state index in [2.05, 4.69) is 22.3 Å². The molecule has 4 rings (SSSR count). The molecule has 1 amide bonds. The zero-order chi connectivity index (χ0) is 19.3. The Labute approximate surface area is 161 Å². The number of fused-ring (bicyclic) bond motifs is 1. The lowest BCUT2D eigenvalue weighted by atomic mass is 10.1. The molecular formula is C22H16N4O2. The Morgan fingerprint density at radius 1 is 0.929 bits per heavy atom. The van der Waals surface area contributed by atoms with Gasteiger partial charge in [0.2, 0.25) is 5.91 Å². The largest absolute Gasteiger partial charge is 0.350 e. The van der Waals surface area contributed by atoms with Gasteiger partial charge >= 0.3 is 5.69 Å². The van der Waals surface area contributed by atoms with Gasteiger partial charge in [0.15, 0.2) is 5.65 Å². The summed E-state index contributed by atoms with van der Waals surface area (Å²) >= 11 is 0. The minimum Gasteiger partial charge on any atom is -0.324 e. The van der Waals surface area contributed by atoms with Gasteiger partial charge in [-0.2, -0.15) is 0 Å². The number of nitrogens with zero attached hydrogens (tertiary/aromatic N) is 3. The van der Waals surface area contributed by atoms with Gasteiger partial charge in [-0.3, -0.25) is 9.20 Å². The van der Waals surface area contributed by atoms with Gasteiger partial charge in [0.05, 0.1) is 0 Å². The molecular weight excluding hydrogens is 352 g/mol. The van der Waals surface area contributed by atoms with Gasteiger partial charge in [-0.1, -0.05) is 42.2 Å². The van der Waals surface area contributed by atoms with Crippen molar-refractivity contribution in [1.29, 1.82) is 0 Å². The summed E-state index contributed by atoms with van der Waals surface area (Å²) in [5.41, 5.74) is 2.46. The average Bonchev–Trinajstić information content (AvgIpc) is 3.03. The zero-order valence-corrected chi connectivity index (χ0v) is 14.9. The quantitative estimate of drug-likeness (QED) is 0.565. The van der Waals surface area contributed by atoms with Gasteiger partial charge in [0, 0.05) is 23.0 Å². The Balaban J connectivity index is 1.48. The predicted molar refractivity (Wildman–Crippen MR) is 107 cm³/mol. The highest BCUT2D eigenvalue weighted by molar-refractivity contribution is 5.90. The molecule has 0 aliphatic heterocycles. The summed E-state index contributed by atoms with van der Waals surface area (Å²) in [6.45, 7) is -0.166. The zero-order valence-electron chi connectivity index (χ0n) is 14.9. The maximum atomic E-state index is 12.3. The number of benzene rings is 2. The molecule has 0 saturated heterocycles. The number of rotatable bonds is 3. The molecule has 0 fully saturated rings. The second kappa shape index (κ2) is 7.64. The molecule has 28 heavy (non-hydrogen) atoms. The first kappa shape index (κ1) is 17.3. The molecule has 0 unspecified atom stereocenters. The molecule has 0 atom stereocenters. The summed E-state index contributed by atoms with van der Waals surface area (Å²) in [5.74, 6) is 5.83. The summed E-state index contributed by atoms with van der Waals surface area (Å²) in [7, 11) is 0. The Hall–Kier alpha value is -4.11. The second-order valence-corrected chi connectivity index (χ2v) is 6.11. The number of carbonyl (C=O) groups excluding carboxylic acids is 1. The van der Waals surface area contributed by atoms with Crippen molar-refractivity contribution in [1.82, 2.24) is 14.2 Å². The van der Waals surface area contributed by atoms with Crippen molar-refractivity contribution in [3.63, 3.8) is 0 Å². The van der Waals surface area contributed by atoms with Crippen molar-refractivity contribution in [2.24, 2.45) is 0 Å². The first-order chi connectivity index (χ1) is 13.7. The van der Waals surface area contributed by atoms with Crippen LogP contribution in [-0.2, 0) is 11.3 Å². The van der Waals surface area contributed by atoms with Gasteiger partial charge in [-0.25, -0.2) is 9.48 Å². The van der Waals surface area contributed by atoms with Crippen LogP contribution in [0.1, 0.15) is 11.1 Å². The van der Waals surface area contributed by atoms with Crippen LogP contribution >= 0.6 is 0 Å². The number of hydrogen-bond acceptors (Lipinski definition) is 3. The molecule has 2 aromatic carbocycles. The number of carbonyl (C=O) groups is 1. The topological polar surface area (TPSA) is 68.4 Å². The monoisotopic (exact) mass is 368 g/mol. The number of nitrogens with one attached hydrogen (secondary N) is 1. The van der Waals surface area contributed by atoms with E-state index < -0.39 is 0 Å². The molecule has 0 aliphatic carbocycles. The molecule has 6 heteroatoms. The molecule has 0 bridgehead atoms. The highest BCUT2D eigenvalue weighted by Gasteiger charge is 2.10. The Kier molecular flexibility index (Phi) is 4.72. The minimum absolute atomic E-state index is 0.166. The SMILES string of the molecule is O=C(Cn1nc2ccccn2c1=O)Nc1cccc(C#Cc2ccccc2)c1. The fourth-order valence-corrected chi connectivity index (χ4v) is 2.75. The summed E-state index contributed by atoms with van der Waals surface area (Å²) in [4.78, 5) is 24.6. The van der Waals surface area contributed by atoms with Crippen molar-refractivity contribution < 1.29 is 4.79 Å². The summed E-state index contributed by atoms with van der Waals surface area (Å²) in [5, 5.41) is 6.94. The van der Waals surface area contributed by atoms with E-state index in [-0.39, 0.29) is 18.1 Å². The number of amides is 1. The van der Waals surface area contributed by atoms with Crippen molar-refractivity contribution in [2.45, 2.75) is 6.54 Å². The molecule has 4 aromatic rings. The third-order valence-electron chi connectivity index (χ3n) is 4.05. The normalized spacial score (nSPS) is 10.3. The lowest BCUT2D eigenvalue weighted by molar-refractivity contribution is -0.117. The molecule has 2 aromatic heterocycles. The van der Waals surface area contributed by atoms with Gasteiger partial charge in [-0.05, 0) is 42.5 Å². The van der Waals surface area contributed by atoms with Crippen molar-refractivity contribution in [3.8, 4) is 11.8 Å². The fraction of sp³-hybridized carbons (Fsp3) is 0.0455. The molecule has 2 heterocycles. The Bertz CT molecular complexity index is 1260. The van der Waals surface area contributed by atoms with E-state index in [0.717, 1.165) is 15.8 Å². The number of anilines is 1. The van der Waals surface area contributed by atoms with Crippen molar-refractivity contribution in [2.75, 3.05) is 5.32 Å². The molecule has 0 aliphatic rings. The van der Waals surface area contributed by atoms with Gasteiger partial charge in [0.25, 0.3) is 0 Å². The van der Waals surface area contributed by atoms with Crippen molar-refractivity contribution in [3.05, 3.63) is 101 Å². The van der Waals surface area contributed by atoms with Crippen LogP contribution in [0.15, 0.2) is 83.8 Å². The number of aromatic nitrogens is 3. The van der Waals surface area contributed by atoms with Gasteiger partial charge < -0.3 is 5.32 Å². The molecule has 6 nitrogen and oxygen atoms in total. The molecule has 0 radical (unpaired) electrons. The standard InChI is InChI=1S/C22H16N4O2/c27-21(16-26-22(28)25-14-5-4-11-20(25)24-26)23-19-10-6-9-18(15-19)13-12-17-7-2-1-3-8-17/h1-11,14-15H,16H2,(H,23,27). The lowest BCUT2D eigenvalue weighted by Crippen LogP contribution is -2.28. The predicted octanol–water partition coefficient (Wildman–Crippen LogP) is 2.53. The van der Waals surface area contributed by atoms with Gasteiger partial charge in [-0.15, -0.1) is 5.10 Å². The van der Waals surface area contributed by atoms with Crippen LogP contribution in [0, 0.1) is 11.8 Å². The number of hydrogen-bond donors (Lipinski definition) is 1. The van der Waals surface area contributed by atoms with Crippen LogP contribution in [0.3, 0.4) is 0 Å². The minimum atomic E-state index is -0.353. The Morgan fingerprint density at radius 3 is 2.50 bits per heavy atom. The van der Waals surface area contributed by atoms with E-state index >= 15 is 0 Å². The smallest absolute Gasteiger partial charge is 0.324 e. The highest BCUT2D eigenvalue weighted by atomic mass is 16.2. The summed E-state index contributed by atoms with van der Waals surface area (Å²) in [6.07, 6.45) is 1.62. The van der Waals surface area contributed by atoms with E-state index in [4.69, 9.17) is 0 Å². The molecule has 1 N–H and O–H groups in total. The first-order valence-electron chi connectivity index (χ1n) is 8.70. The maximum Gasteiger partial charge on any atom is 0.350 e. The molecule has 0 saturated carbocycles. The van der Waals surface area contributed by atoms with E-state index in [0.29, 0.717) is 11.3 Å². The van der Waals surface area contributed by atoms with E-state index in [9.17, 15) is 9.59 Å².